The Morgan fingerprint density at radius 2 is 2.00 bits per heavy atom. The van der Waals surface area contributed by atoms with Crippen LogP contribution in [0.2, 0.25) is 0 Å². The van der Waals surface area contributed by atoms with Crippen LogP contribution >= 0.6 is 0 Å². The van der Waals surface area contributed by atoms with Crippen molar-refractivity contribution in [2.75, 3.05) is 20.3 Å². The highest BCUT2D eigenvalue weighted by atomic mass is 16.5. The van der Waals surface area contributed by atoms with E-state index in [1.165, 1.54) is 6.08 Å². The van der Waals surface area contributed by atoms with Crippen LogP contribution in [0.4, 0.5) is 0 Å². The fourth-order valence-electron chi connectivity index (χ4n) is 3.44. The van der Waals surface area contributed by atoms with E-state index in [1.54, 1.807) is 13.2 Å². The molecule has 0 fully saturated rings. The van der Waals surface area contributed by atoms with Crippen LogP contribution < -0.4 is 14.8 Å². The zero-order chi connectivity index (χ0) is 21.5. The summed E-state index contributed by atoms with van der Waals surface area (Å²) in [5, 5.41) is 2.94. The number of ether oxygens (including phenoxy) is 2. The van der Waals surface area contributed by atoms with E-state index >= 15 is 0 Å². The maximum atomic E-state index is 12.2. The van der Waals surface area contributed by atoms with Gasteiger partial charge in [-0.25, -0.2) is 4.98 Å². The number of methoxy groups -OCH3 is 1. The van der Waals surface area contributed by atoms with Crippen LogP contribution in [-0.4, -0.2) is 35.7 Å². The summed E-state index contributed by atoms with van der Waals surface area (Å²) in [6.07, 6.45) is 3.96. The number of hydrogen-bond acceptors (Lipinski definition) is 4. The quantitative estimate of drug-likeness (QED) is 0.534. The predicted octanol–water partition coefficient (Wildman–Crippen LogP) is 4.40. The van der Waals surface area contributed by atoms with Gasteiger partial charge in [0.25, 0.3) is 0 Å². The Hall–Kier alpha value is -3.28. The van der Waals surface area contributed by atoms with E-state index in [1.807, 2.05) is 43.3 Å². The van der Waals surface area contributed by atoms with Crippen molar-refractivity contribution in [2.45, 2.75) is 33.2 Å². The second kappa shape index (κ2) is 9.96. The van der Waals surface area contributed by atoms with E-state index in [9.17, 15) is 4.79 Å². The van der Waals surface area contributed by atoms with Crippen LogP contribution in [0.25, 0.3) is 17.1 Å². The number of rotatable bonds is 9. The van der Waals surface area contributed by atoms with E-state index in [-0.39, 0.29) is 5.91 Å². The zero-order valence-electron chi connectivity index (χ0n) is 18.0. The van der Waals surface area contributed by atoms with Crippen LogP contribution in [0.15, 0.2) is 48.5 Å². The Balaban J connectivity index is 1.60. The van der Waals surface area contributed by atoms with Crippen molar-refractivity contribution in [3.8, 4) is 11.5 Å². The summed E-state index contributed by atoms with van der Waals surface area (Å²) >= 11 is 0. The minimum Gasteiger partial charge on any atom is -0.493 e. The monoisotopic (exact) mass is 407 g/mol. The van der Waals surface area contributed by atoms with Crippen molar-refractivity contribution in [3.63, 3.8) is 0 Å². The summed E-state index contributed by atoms with van der Waals surface area (Å²) in [6, 6.07) is 14.0. The van der Waals surface area contributed by atoms with E-state index < -0.39 is 0 Å². The molecule has 2 aromatic carbocycles. The third-order valence-corrected chi connectivity index (χ3v) is 4.75. The zero-order valence-corrected chi connectivity index (χ0v) is 18.0. The SMILES string of the molecule is CCOc1ccc(/C=C/C(=O)NCCc2nc3ccccc3n2C(C)C)cc1OC. The minimum atomic E-state index is -0.143. The molecule has 6 heteroatoms. The summed E-state index contributed by atoms with van der Waals surface area (Å²) in [6.45, 7) is 7.30. The van der Waals surface area contributed by atoms with Crippen molar-refractivity contribution in [3.05, 3.63) is 59.9 Å². The van der Waals surface area contributed by atoms with Gasteiger partial charge in [0.15, 0.2) is 11.5 Å². The molecule has 3 rings (SSSR count). The lowest BCUT2D eigenvalue weighted by atomic mass is 10.2. The Morgan fingerprint density at radius 3 is 2.73 bits per heavy atom. The van der Waals surface area contributed by atoms with Gasteiger partial charge in [-0.3, -0.25) is 4.79 Å². The first kappa shape index (κ1) is 21.4. The van der Waals surface area contributed by atoms with Crippen molar-refractivity contribution in [2.24, 2.45) is 0 Å². The molecule has 0 spiro atoms. The molecule has 0 saturated heterocycles. The van der Waals surface area contributed by atoms with Gasteiger partial charge in [-0.2, -0.15) is 0 Å². The van der Waals surface area contributed by atoms with E-state index in [0.29, 0.717) is 37.1 Å². The van der Waals surface area contributed by atoms with Gasteiger partial charge in [0, 0.05) is 25.1 Å². The first-order chi connectivity index (χ1) is 14.5. The Kier molecular flexibility index (Phi) is 7.12. The van der Waals surface area contributed by atoms with Gasteiger partial charge in [-0.05, 0) is 56.7 Å². The molecular weight excluding hydrogens is 378 g/mol. The summed E-state index contributed by atoms with van der Waals surface area (Å²) in [7, 11) is 1.60. The number of para-hydroxylation sites is 2. The first-order valence-electron chi connectivity index (χ1n) is 10.3. The molecule has 0 aliphatic rings. The van der Waals surface area contributed by atoms with E-state index in [0.717, 1.165) is 22.4 Å². The minimum absolute atomic E-state index is 0.143. The molecule has 1 aromatic heterocycles. The smallest absolute Gasteiger partial charge is 0.244 e. The molecule has 0 aliphatic heterocycles. The normalized spacial score (nSPS) is 11.4. The largest absolute Gasteiger partial charge is 0.493 e. The van der Waals surface area contributed by atoms with Gasteiger partial charge < -0.3 is 19.4 Å². The predicted molar refractivity (Wildman–Crippen MR) is 120 cm³/mol. The van der Waals surface area contributed by atoms with Gasteiger partial charge in [-0.1, -0.05) is 18.2 Å². The second-order valence-electron chi connectivity index (χ2n) is 7.20. The molecule has 0 aliphatic carbocycles. The maximum absolute atomic E-state index is 12.2. The maximum Gasteiger partial charge on any atom is 0.244 e. The lowest BCUT2D eigenvalue weighted by Gasteiger charge is -2.13. The molecule has 1 amide bonds. The molecule has 0 saturated carbocycles. The van der Waals surface area contributed by atoms with Crippen molar-refractivity contribution in [1.29, 1.82) is 0 Å². The number of amides is 1. The highest BCUT2D eigenvalue weighted by molar-refractivity contribution is 5.91. The molecule has 0 atom stereocenters. The van der Waals surface area contributed by atoms with Gasteiger partial charge >= 0.3 is 0 Å². The fourth-order valence-corrected chi connectivity index (χ4v) is 3.44. The number of benzene rings is 2. The number of carbonyl (C=O) groups is 1. The number of aromatic nitrogens is 2. The summed E-state index contributed by atoms with van der Waals surface area (Å²) in [4.78, 5) is 17.0. The second-order valence-corrected chi connectivity index (χ2v) is 7.20. The van der Waals surface area contributed by atoms with Crippen LogP contribution in [0.5, 0.6) is 11.5 Å². The number of fused-ring (bicyclic) bond motifs is 1. The molecule has 1 heterocycles. The molecule has 3 aromatic rings. The molecule has 0 bridgehead atoms. The molecule has 158 valence electrons. The summed E-state index contributed by atoms with van der Waals surface area (Å²) in [5.74, 6) is 2.17. The topological polar surface area (TPSA) is 65.4 Å². The highest BCUT2D eigenvalue weighted by Gasteiger charge is 2.12. The van der Waals surface area contributed by atoms with Crippen molar-refractivity contribution >= 4 is 23.0 Å². The average molecular weight is 408 g/mol. The number of imidazole rings is 1. The molecule has 0 radical (unpaired) electrons. The number of nitrogens with zero attached hydrogens (tertiary/aromatic N) is 2. The van der Waals surface area contributed by atoms with Gasteiger partial charge in [0.05, 0.1) is 24.8 Å². The van der Waals surface area contributed by atoms with Crippen LogP contribution in [-0.2, 0) is 11.2 Å². The Labute approximate surface area is 177 Å². The Morgan fingerprint density at radius 1 is 1.20 bits per heavy atom. The standard InChI is InChI=1S/C24H29N3O3/c1-5-30-21-12-10-18(16-22(21)29-4)11-13-24(28)25-15-14-23-26-19-8-6-7-9-20(19)27(23)17(2)3/h6-13,16-17H,5,14-15H2,1-4H3,(H,25,28)/b13-11+. The van der Waals surface area contributed by atoms with E-state index in [4.69, 9.17) is 14.5 Å². The third kappa shape index (κ3) is 5.00. The highest BCUT2D eigenvalue weighted by Crippen LogP contribution is 2.28. The lowest BCUT2D eigenvalue weighted by molar-refractivity contribution is -0.116. The van der Waals surface area contributed by atoms with Gasteiger partial charge in [-0.15, -0.1) is 0 Å². The van der Waals surface area contributed by atoms with Crippen LogP contribution in [0.3, 0.4) is 0 Å². The number of hydrogen-bond donors (Lipinski definition) is 1. The van der Waals surface area contributed by atoms with Crippen molar-refractivity contribution < 1.29 is 14.3 Å². The van der Waals surface area contributed by atoms with Crippen LogP contribution in [0.1, 0.15) is 38.2 Å². The Bertz CT molecular complexity index is 1040. The summed E-state index contributed by atoms with van der Waals surface area (Å²) < 4.78 is 13.1. The van der Waals surface area contributed by atoms with Crippen molar-refractivity contribution in [1.82, 2.24) is 14.9 Å². The fraction of sp³-hybridized carbons (Fsp3) is 0.333. The molecule has 30 heavy (non-hydrogen) atoms. The van der Waals surface area contributed by atoms with Gasteiger partial charge in [0.1, 0.15) is 5.82 Å². The van der Waals surface area contributed by atoms with E-state index in [2.05, 4.69) is 29.8 Å². The molecular formula is C24H29N3O3. The first-order valence-corrected chi connectivity index (χ1v) is 10.3. The number of carbonyl (C=O) groups excluding carboxylic acids is 1. The molecule has 6 nitrogen and oxygen atoms in total. The lowest BCUT2D eigenvalue weighted by Crippen LogP contribution is -2.24. The third-order valence-electron chi connectivity index (χ3n) is 4.75. The molecule has 0 unspecified atom stereocenters. The number of nitrogens with one attached hydrogen (secondary N) is 1. The van der Waals surface area contributed by atoms with Gasteiger partial charge in [0.2, 0.25) is 5.91 Å². The van der Waals surface area contributed by atoms with Crippen LogP contribution in [0, 0.1) is 0 Å². The average Bonchev–Trinajstić information content (AvgIpc) is 3.11. The molecule has 1 N–H and O–H groups in total. The summed E-state index contributed by atoms with van der Waals surface area (Å²) in [5.41, 5.74) is 2.97.